The number of methoxy groups -OCH3 is 1. The molecule has 0 saturated carbocycles. The monoisotopic (exact) mass is 487 g/mol. The van der Waals surface area contributed by atoms with Gasteiger partial charge in [-0.15, -0.1) is 0 Å². The van der Waals surface area contributed by atoms with Crippen molar-refractivity contribution in [3.63, 3.8) is 0 Å². The fourth-order valence-electron chi connectivity index (χ4n) is 4.02. The Labute approximate surface area is 201 Å². The fraction of sp³-hybridized carbons (Fsp3) is 0.440. The summed E-state index contributed by atoms with van der Waals surface area (Å²) in [6.45, 7) is 1.44. The second kappa shape index (κ2) is 12.6. The van der Waals surface area contributed by atoms with Crippen LogP contribution in [0.15, 0.2) is 65.6 Å². The van der Waals surface area contributed by atoms with Gasteiger partial charge in [-0.1, -0.05) is 48.5 Å². The van der Waals surface area contributed by atoms with Gasteiger partial charge in [0, 0.05) is 39.8 Å². The number of carbonyl (C=O) groups is 2. The Hall–Kier alpha value is -2.75. The molecule has 1 unspecified atom stereocenters. The van der Waals surface area contributed by atoms with Crippen molar-refractivity contribution >= 4 is 21.8 Å². The average Bonchev–Trinajstić information content (AvgIpc) is 2.87. The molecule has 0 bridgehead atoms. The highest BCUT2D eigenvalue weighted by Gasteiger charge is 2.34. The van der Waals surface area contributed by atoms with Crippen LogP contribution in [0.5, 0.6) is 0 Å². The molecule has 0 radical (unpaired) electrons. The van der Waals surface area contributed by atoms with Crippen LogP contribution in [0.3, 0.4) is 0 Å². The first-order valence-corrected chi connectivity index (χ1v) is 13.0. The number of piperidine rings is 1. The predicted octanol–water partition coefficient (Wildman–Crippen LogP) is 1.97. The maximum absolute atomic E-state index is 13.2. The minimum Gasteiger partial charge on any atom is -0.385 e. The molecule has 1 aliphatic rings. The van der Waals surface area contributed by atoms with Gasteiger partial charge in [-0.3, -0.25) is 9.59 Å². The zero-order valence-electron chi connectivity index (χ0n) is 19.5. The summed E-state index contributed by atoms with van der Waals surface area (Å²) in [5, 5.41) is 5.74. The normalized spacial score (nSPS) is 17.6. The molecule has 1 saturated heterocycles. The fourth-order valence-corrected chi connectivity index (χ4v) is 5.56. The van der Waals surface area contributed by atoms with Crippen LogP contribution in [0.1, 0.15) is 24.8 Å². The summed E-state index contributed by atoms with van der Waals surface area (Å²) in [5.41, 5.74) is 0.928. The third kappa shape index (κ3) is 7.12. The van der Waals surface area contributed by atoms with E-state index in [1.54, 1.807) is 37.4 Å². The number of amides is 2. The third-order valence-electron chi connectivity index (χ3n) is 5.88. The van der Waals surface area contributed by atoms with Gasteiger partial charge in [0.2, 0.25) is 21.8 Å². The number of ether oxygens (including phenoxy) is 1. The largest absolute Gasteiger partial charge is 0.385 e. The lowest BCUT2D eigenvalue weighted by molar-refractivity contribution is -0.131. The van der Waals surface area contributed by atoms with Crippen molar-refractivity contribution in [2.75, 3.05) is 33.4 Å². The van der Waals surface area contributed by atoms with Crippen molar-refractivity contribution in [1.82, 2.24) is 14.9 Å². The highest BCUT2D eigenvalue weighted by Crippen LogP contribution is 2.24. The van der Waals surface area contributed by atoms with E-state index in [-0.39, 0.29) is 23.3 Å². The number of rotatable bonds is 11. The van der Waals surface area contributed by atoms with Crippen LogP contribution in [-0.4, -0.2) is 63.9 Å². The average molecular weight is 488 g/mol. The highest BCUT2D eigenvalue weighted by molar-refractivity contribution is 7.89. The summed E-state index contributed by atoms with van der Waals surface area (Å²) in [5.74, 6) is -1.09. The number of nitrogens with one attached hydrogen (secondary N) is 2. The Morgan fingerprint density at radius 2 is 1.76 bits per heavy atom. The summed E-state index contributed by atoms with van der Waals surface area (Å²) in [7, 11) is -2.07. The zero-order valence-corrected chi connectivity index (χ0v) is 20.3. The van der Waals surface area contributed by atoms with Crippen molar-refractivity contribution in [3.05, 3.63) is 66.2 Å². The van der Waals surface area contributed by atoms with Crippen molar-refractivity contribution in [2.45, 2.75) is 36.6 Å². The number of hydrogen-bond acceptors (Lipinski definition) is 5. The number of benzene rings is 2. The number of sulfonamides is 1. The van der Waals surface area contributed by atoms with Gasteiger partial charge in [-0.05, 0) is 37.0 Å². The van der Waals surface area contributed by atoms with E-state index in [0.717, 1.165) is 5.56 Å². The third-order valence-corrected chi connectivity index (χ3v) is 7.76. The molecule has 2 atom stereocenters. The molecule has 8 nitrogen and oxygen atoms in total. The van der Waals surface area contributed by atoms with E-state index < -0.39 is 22.0 Å². The lowest BCUT2D eigenvalue weighted by atomic mass is 9.97. The molecular formula is C25H33N3O5S. The van der Waals surface area contributed by atoms with Gasteiger partial charge in [0.05, 0.1) is 10.8 Å². The summed E-state index contributed by atoms with van der Waals surface area (Å²) in [6, 6.07) is 17.0. The Morgan fingerprint density at radius 1 is 1.09 bits per heavy atom. The van der Waals surface area contributed by atoms with Gasteiger partial charge >= 0.3 is 0 Å². The maximum Gasteiger partial charge on any atom is 0.243 e. The smallest absolute Gasteiger partial charge is 0.243 e. The Morgan fingerprint density at radius 3 is 2.44 bits per heavy atom. The zero-order chi connectivity index (χ0) is 24.4. The summed E-state index contributed by atoms with van der Waals surface area (Å²) in [4.78, 5) is 26.2. The molecule has 9 heteroatoms. The van der Waals surface area contributed by atoms with Crippen molar-refractivity contribution in [1.29, 1.82) is 0 Å². The molecule has 0 aliphatic carbocycles. The highest BCUT2D eigenvalue weighted by atomic mass is 32.2. The molecule has 1 fully saturated rings. The Balaban J connectivity index is 1.67. The first-order valence-electron chi connectivity index (χ1n) is 11.6. The van der Waals surface area contributed by atoms with Crippen LogP contribution >= 0.6 is 0 Å². The van der Waals surface area contributed by atoms with Gasteiger partial charge in [-0.25, -0.2) is 8.42 Å². The molecule has 2 amide bonds. The molecule has 2 N–H and O–H groups in total. The van der Waals surface area contributed by atoms with E-state index in [1.165, 1.54) is 4.31 Å². The lowest BCUT2D eigenvalue weighted by Crippen LogP contribution is -2.52. The van der Waals surface area contributed by atoms with Crippen LogP contribution in [-0.2, 0) is 30.8 Å². The second-order valence-electron chi connectivity index (χ2n) is 8.40. The predicted molar refractivity (Wildman–Crippen MR) is 130 cm³/mol. The summed E-state index contributed by atoms with van der Waals surface area (Å²) in [6.07, 6.45) is 2.17. The summed E-state index contributed by atoms with van der Waals surface area (Å²) < 4.78 is 32.4. The van der Waals surface area contributed by atoms with Gasteiger partial charge in [0.15, 0.2) is 0 Å². The molecular weight excluding hydrogens is 454 g/mol. The maximum atomic E-state index is 13.2. The van der Waals surface area contributed by atoms with E-state index >= 15 is 0 Å². The van der Waals surface area contributed by atoms with Crippen molar-refractivity contribution in [3.8, 4) is 0 Å². The lowest BCUT2D eigenvalue weighted by Gasteiger charge is -2.32. The van der Waals surface area contributed by atoms with E-state index in [2.05, 4.69) is 10.6 Å². The molecule has 3 rings (SSSR count). The first-order chi connectivity index (χ1) is 16.4. The van der Waals surface area contributed by atoms with Crippen molar-refractivity contribution < 1.29 is 22.7 Å². The molecule has 0 spiro atoms. The standard InChI is InChI=1S/C25H33N3O5S/c1-33-17-9-15-26-25(30)23(18-20-10-4-2-5-11-20)27-24(29)21-12-8-16-28(19-21)34(31,32)22-13-6-3-7-14-22/h2-7,10-11,13-14,21,23H,8-9,12,15-19H2,1H3,(H,26,30)(H,27,29)/t21?,23-/m1/s1. The Bertz CT molecular complexity index is 1030. The number of hydrogen-bond donors (Lipinski definition) is 2. The molecule has 0 aromatic heterocycles. The second-order valence-corrected chi connectivity index (χ2v) is 10.3. The minimum atomic E-state index is -3.68. The van der Waals surface area contributed by atoms with Gasteiger partial charge in [-0.2, -0.15) is 4.31 Å². The molecule has 184 valence electrons. The van der Waals surface area contributed by atoms with E-state index in [4.69, 9.17) is 4.74 Å². The molecule has 34 heavy (non-hydrogen) atoms. The van der Waals surface area contributed by atoms with E-state index in [9.17, 15) is 18.0 Å². The van der Waals surface area contributed by atoms with Gasteiger partial charge in [0.25, 0.3) is 0 Å². The van der Waals surface area contributed by atoms with Crippen LogP contribution in [0.4, 0.5) is 0 Å². The van der Waals surface area contributed by atoms with Crippen molar-refractivity contribution in [2.24, 2.45) is 5.92 Å². The first kappa shape index (κ1) is 25.9. The minimum absolute atomic E-state index is 0.0938. The van der Waals surface area contributed by atoms with Crippen LogP contribution in [0.25, 0.3) is 0 Å². The van der Waals surface area contributed by atoms with E-state index in [1.807, 2.05) is 30.3 Å². The molecule has 1 heterocycles. The topological polar surface area (TPSA) is 105 Å². The van der Waals surface area contributed by atoms with Crippen LogP contribution < -0.4 is 10.6 Å². The van der Waals surface area contributed by atoms with Gasteiger partial charge in [0.1, 0.15) is 6.04 Å². The quantitative estimate of drug-likeness (QED) is 0.472. The molecule has 2 aromatic rings. The van der Waals surface area contributed by atoms with Crippen LogP contribution in [0.2, 0.25) is 0 Å². The van der Waals surface area contributed by atoms with E-state index in [0.29, 0.717) is 45.4 Å². The summed E-state index contributed by atoms with van der Waals surface area (Å²) >= 11 is 0. The number of nitrogens with zero attached hydrogens (tertiary/aromatic N) is 1. The van der Waals surface area contributed by atoms with Crippen LogP contribution in [0, 0.1) is 5.92 Å². The molecule has 1 aliphatic heterocycles. The number of carbonyl (C=O) groups excluding carboxylic acids is 2. The Kier molecular flexibility index (Phi) is 9.62. The van der Waals surface area contributed by atoms with Gasteiger partial charge < -0.3 is 15.4 Å². The SMILES string of the molecule is COCCCNC(=O)[C@@H](Cc1ccccc1)NC(=O)C1CCCN(S(=O)(=O)c2ccccc2)C1. The molecule has 2 aromatic carbocycles.